The second-order valence-corrected chi connectivity index (χ2v) is 3.02. The van der Waals surface area contributed by atoms with Gasteiger partial charge in [-0.1, -0.05) is 30.9 Å². The fourth-order valence-electron chi connectivity index (χ4n) is 1.22. The van der Waals surface area contributed by atoms with Gasteiger partial charge in [-0.15, -0.1) is 0 Å². The Morgan fingerprint density at radius 3 is 2.71 bits per heavy atom. The molecule has 0 aromatic carbocycles. The molecular weight excluding hydrogens is 170 g/mol. The van der Waals surface area contributed by atoms with Gasteiger partial charge in [0, 0.05) is 11.8 Å². The van der Waals surface area contributed by atoms with Crippen molar-refractivity contribution in [1.82, 2.24) is 4.98 Å². The number of pyridine rings is 1. The molecule has 1 heterocycles. The van der Waals surface area contributed by atoms with E-state index in [-0.39, 0.29) is 0 Å². The lowest BCUT2D eigenvalue weighted by Crippen LogP contribution is -1.87. The first-order chi connectivity index (χ1) is 6.79. The van der Waals surface area contributed by atoms with Gasteiger partial charge in [0.1, 0.15) is 0 Å². The predicted molar refractivity (Wildman–Crippen MR) is 61.8 cm³/mol. The highest BCUT2D eigenvalue weighted by Gasteiger charge is 2.00. The lowest BCUT2D eigenvalue weighted by atomic mass is 10.1. The van der Waals surface area contributed by atoms with Crippen molar-refractivity contribution in [2.75, 3.05) is 0 Å². The Labute approximate surface area is 85.5 Å². The van der Waals surface area contributed by atoms with Crippen molar-refractivity contribution in [2.24, 2.45) is 0 Å². The molecule has 0 saturated heterocycles. The fraction of sp³-hybridized carbons (Fsp3) is 0.154. The first-order valence-corrected chi connectivity index (χ1v) is 4.67. The van der Waals surface area contributed by atoms with E-state index in [0.29, 0.717) is 0 Å². The molecule has 14 heavy (non-hydrogen) atoms. The highest BCUT2D eigenvalue weighted by Crippen LogP contribution is 2.18. The Morgan fingerprint density at radius 1 is 1.43 bits per heavy atom. The van der Waals surface area contributed by atoms with Crippen LogP contribution in [-0.4, -0.2) is 4.98 Å². The van der Waals surface area contributed by atoms with Crippen LogP contribution in [0.15, 0.2) is 54.8 Å². The summed E-state index contributed by atoms with van der Waals surface area (Å²) in [6, 6.07) is 5.91. The van der Waals surface area contributed by atoms with Gasteiger partial charge in [0.15, 0.2) is 0 Å². The van der Waals surface area contributed by atoms with E-state index in [2.05, 4.69) is 17.6 Å². The van der Waals surface area contributed by atoms with Crippen molar-refractivity contribution in [1.29, 1.82) is 0 Å². The third-order valence-corrected chi connectivity index (χ3v) is 2.01. The van der Waals surface area contributed by atoms with Gasteiger partial charge in [-0.25, -0.2) is 0 Å². The van der Waals surface area contributed by atoms with Gasteiger partial charge < -0.3 is 0 Å². The molecule has 1 nitrogen and oxygen atoms in total. The molecule has 1 aromatic rings. The maximum atomic E-state index is 4.31. The van der Waals surface area contributed by atoms with Crippen LogP contribution >= 0.6 is 0 Å². The number of hydrogen-bond acceptors (Lipinski definition) is 1. The molecule has 0 aliphatic heterocycles. The predicted octanol–water partition coefficient (Wildman–Crippen LogP) is 3.62. The average Bonchev–Trinajstić information content (AvgIpc) is 2.26. The molecule has 0 radical (unpaired) electrons. The minimum absolute atomic E-state index is 0.989. The molecule has 0 saturated carbocycles. The summed E-state index contributed by atoms with van der Waals surface area (Å²) in [5.74, 6) is 0. The molecule has 0 aliphatic carbocycles. The van der Waals surface area contributed by atoms with Crippen LogP contribution in [0.25, 0.3) is 5.57 Å². The zero-order valence-electron chi connectivity index (χ0n) is 8.70. The topological polar surface area (TPSA) is 12.9 Å². The SMILES string of the molecule is C=C/C(C)=C(\C=C/C)c1ccccn1. The first-order valence-electron chi connectivity index (χ1n) is 4.67. The van der Waals surface area contributed by atoms with Gasteiger partial charge in [0.2, 0.25) is 0 Å². The van der Waals surface area contributed by atoms with Crippen LogP contribution in [0.1, 0.15) is 19.5 Å². The number of nitrogens with zero attached hydrogens (tertiary/aromatic N) is 1. The summed E-state index contributed by atoms with van der Waals surface area (Å²) >= 11 is 0. The standard InChI is InChI=1S/C13H15N/c1-4-8-12(11(3)5-2)13-9-6-7-10-14-13/h4-10H,2H2,1,3H3/b8-4-,12-11+. The minimum Gasteiger partial charge on any atom is -0.256 e. The molecule has 1 aromatic heterocycles. The normalized spacial score (nSPS) is 12.7. The average molecular weight is 185 g/mol. The van der Waals surface area contributed by atoms with Crippen molar-refractivity contribution >= 4 is 5.57 Å². The fourth-order valence-corrected chi connectivity index (χ4v) is 1.22. The Hall–Kier alpha value is -1.63. The molecule has 72 valence electrons. The molecule has 0 bridgehead atoms. The van der Waals surface area contributed by atoms with Crippen LogP contribution in [0.4, 0.5) is 0 Å². The molecular formula is C13H15N. The van der Waals surface area contributed by atoms with Gasteiger partial charge in [0.05, 0.1) is 5.69 Å². The molecule has 0 unspecified atom stereocenters. The van der Waals surface area contributed by atoms with E-state index < -0.39 is 0 Å². The summed E-state index contributed by atoms with van der Waals surface area (Å²) < 4.78 is 0. The van der Waals surface area contributed by atoms with Crippen molar-refractivity contribution in [3.8, 4) is 0 Å². The van der Waals surface area contributed by atoms with Gasteiger partial charge in [-0.3, -0.25) is 4.98 Å². The van der Waals surface area contributed by atoms with E-state index in [1.807, 2.05) is 44.2 Å². The zero-order valence-corrected chi connectivity index (χ0v) is 8.70. The van der Waals surface area contributed by atoms with E-state index in [1.165, 1.54) is 0 Å². The molecule has 0 atom stereocenters. The van der Waals surface area contributed by atoms with E-state index in [0.717, 1.165) is 16.8 Å². The summed E-state index contributed by atoms with van der Waals surface area (Å²) in [4.78, 5) is 4.31. The first kappa shape index (κ1) is 10.5. The van der Waals surface area contributed by atoms with Gasteiger partial charge in [-0.05, 0) is 31.6 Å². The summed E-state index contributed by atoms with van der Waals surface area (Å²) in [6.45, 7) is 7.81. The largest absolute Gasteiger partial charge is 0.256 e. The smallest absolute Gasteiger partial charge is 0.0704 e. The second kappa shape index (κ2) is 5.18. The van der Waals surface area contributed by atoms with Crippen molar-refractivity contribution in [3.05, 3.63) is 60.5 Å². The van der Waals surface area contributed by atoms with Crippen LogP contribution < -0.4 is 0 Å². The Morgan fingerprint density at radius 2 is 2.21 bits per heavy atom. The lowest BCUT2D eigenvalue weighted by molar-refractivity contribution is 1.27. The van der Waals surface area contributed by atoms with E-state index in [9.17, 15) is 0 Å². The van der Waals surface area contributed by atoms with Crippen LogP contribution in [0.3, 0.4) is 0 Å². The van der Waals surface area contributed by atoms with Crippen LogP contribution in [0, 0.1) is 0 Å². The molecule has 1 rings (SSSR count). The Kier molecular flexibility index (Phi) is 3.86. The minimum atomic E-state index is 0.989. The van der Waals surface area contributed by atoms with Gasteiger partial charge >= 0.3 is 0 Å². The maximum absolute atomic E-state index is 4.31. The number of hydrogen-bond donors (Lipinski definition) is 0. The van der Waals surface area contributed by atoms with E-state index >= 15 is 0 Å². The van der Waals surface area contributed by atoms with Gasteiger partial charge in [0.25, 0.3) is 0 Å². The Bertz CT molecular complexity index is 358. The van der Waals surface area contributed by atoms with Crippen molar-refractivity contribution in [3.63, 3.8) is 0 Å². The second-order valence-electron chi connectivity index (χ2n) is 3.02. The lowest BCUT2D eigenvalue weighted by Gasteiger charge is -2.03. The summed E-state index contributed by atoms with van der Waals surface area (Å²) in [5.41, 5.74) is 3.26. The van der Waals surface area contributed by atoms with E-state index in [4.69, 9.17) is 0 Å². The molecule has 0 N–H and O–H groups in total. The molecule has 0 fully saturated rings. The number of allylic oxidation sites excluding steroid dienone is 5. The summed E-state index contributed by atoms with van der Waals surface area (Å²) in [7, 11) is 0. The number of rotatable bonds is 3. The summed E-state index contributed by atoms with van der Waals surface area (Å²) in [6.07, 6.45) is 7.72. The highest BCUT2D eigenvalue weighted by molar-refractivity contribution is 5.75. The van der Waals surface area contributed by atoms with Crippen LogP contribution in [-0.2, 0) is 0 Å². The molecule has 1 heteroatoms. The summed E-state index contributed by atoms with van der Waals surface area (Å²) in [5, 5.41) is 0. The maximum Gasteiger partial charge on any atom is 0.0704 e. The monoisotopic (exact) mass is 185 g/mol. The molecule has 0 aliphatic rings. The molecule has 0 spiro atoms. The van der Waals surface area contributed by atoms with Crippen LogP contribution in [0.5, 0.6) is 0 Å². The van der Waals surface area contributed by atoms with Crippen LogP contribution in [0.2, 0.25) is 0 Å². The Balaban J connectivity index is 3.20. The van der Waals surface area contributed by atoms with Crippen molar-refractivity contribution in [2.45, 2.75) is 13.8 Å². The third-order valence-electron chi connectivity index (χ3n) is 2.01. The van der Waals surface area contributed by atoms with Gasteiger partial charge in [-0.2, -0.15) is 0 Å². The third kappa shape index (κ3) is 2.43. The zero-order chi connectivity index (χ0) is 10.4. The quantitative estimate of drug-likeness (QED) is 0.655. The highest BCUT2D eigenvalue weighted by atomic mass is 14.7. The molecule has 0 amide bonds. The number of aromatic nitrogens is 1. The van der Waals surface area contributed by atoms with Crippen molar-refractivity contribution < 1.29 is 0 Å². The van der Waals surface area contributed by atoms with E-state index in [1.54, 1.807) is 6.20 Å².